The molecule has 1 amide bonds. The first-order valence-electron chi connectivity index (χ1n) is 8.01. The number of methoxy groups -OCH3 is 1. The van der Waals surface area contributed by atoms with Gasteiger partial charge in [-0.3, -0.25) is 9.78 Å². The first-order valence-corrected chi connectivity index (χ1v) is 8.01. The average molecular weight is 327 g/mol. The third kappa shape index (κ3) is 4.23. The van der Waals surface area contributed by atoms with Gasteiger partial charge in [-0.2, -0.15) is 0 Å². The van der Waals surface area contributed by atoms with Crippen molar-refractivity contribution in [3.05, 3.63) is 48.3 Å². The minimum absolute atomic E-state index is 0.243. The highest BCUT2D eigenvalue weighted by Gasteiger charge is 2.15. The summed E-state index contributed by atoms with van der Waals surface area (Å²) in [7, 11) is 1.59. The lowest BCUT2D eigenvalue weighted by Crippen LogP contribution is -2.19. The lowest BCUT2D eigenvalue weighted by molar-refractivity contribution is 0.102. The van der Waals surface area contributed by atoms with Crippen molar-refractivity contribution in [1.82, 2.24) is 4.98 Å². The van der Waals surface area contributed by atoms with Crippen LogP contribution in [0.15, 0.2) is 42.6 Å². The predicted octanol–water partition coefficient (Wildman–Crippen LogP) is 2.93. The molecule has 0 spiro atoms. The van der Waals surface area contributed by atoms with E-state index >= 15 is 0 Å². The van der Waals surface area contributed by atoms with Crippen LogP contribution in [0.5, 0.6) is 5.75 Å². The van der Waals surface area contributed by atoms with Crippen LogP contribution in [0.4, 0.5) is 11.4 Å². The van der Waals surface area contributed by atoms with Crippen molar-refractivity contribution in [2.75, 3.05) is 30.9 Å². The quantitative estimate of drug-likeness (QED) is 0.853. The molecule has 1 aliphatic rings. The number of hydrogen-bond acceptors (Lipinski definition) is 5. The summed E-state index contributed by atoms with van der Waals surface area (Å²) in [4.78, 5) is 16.5. The second kappa shape index (κ2) is 7.79. The van der Waals surface area contributed by atoms with Gasteiger partial charge in [-0.15, -0.1) is 0 Å². The Hall–Kier alpha value is -2.60. The van der Waals surface area contributed by atoms with Crippen molar-refractivity contribution in [3.8, 4) is 5.75 Å². The minimum Gasteiger partial charge on any atom is -0.497 e. The van der Waals surface area contributed by atoms with Crippen molar-refractivity contribution in [2.24, 2.45) is 0 Å². The number of amides is 1. The molecule has 6 nitrogen and oxygen atoms in total. The number of benzene rings is 1. The monoisotopic (exact) mass is 327 g/mol. The van der Waals surface area contributed by atoms with Crippen LogP contribution < -0.4 is 15.4 Å². The van der Waals surface area contributed by atoms with E-state index in [1.807, 2.05) is 18.2 Å². The number of hydrogen-bond donors (Lipinski definition) is 2. The molecule has 1 aromatic heterocycles. The summed E-state index contributed by atoms with van der Waals surface area (Å²) in [5.74, 6) is 0.428. The highest BCUT2D eigenvalue weighted by atomic mass is 16.5. The van der Waals surface area contributed by atoms with Crippen molar-refractivity contribution in [3.63, 3.8) is 0 Å². The second-order valence-corrected chi connectivity index (χ2v) is 5.63. The molecule has 0 saturated carbocycles. The van der Waals surface area contributed by atoms with E-state index < -0.39 is 0 Å². The molecule has 0 radical (unpaired) electrons. The molecule has 1 saturated heterocycles. The Balaban J connectivity index is 1.62. The molecule has 1 fully saturated rings. The number of pyridine rings is 1. The van der Waals surface area contributed by atoms with E-state index in [2.05, 4.69) is 15.6 Å². The van der Waals surface area contributed by atoms with Crippen LogP contribution in [0.2, 0.25) is 0 Å². The van der Waals surface area contributed by atoms with Gasteiger partial charge in [-0.1, -0.05) is 6.07 Å². The van der Waals surface area contributed by atoms with Crippen LogP contribution in [0.1, 0.15) is 23.3 Å². The fraction of sp³-hybridized carbons (Fsp3) is 0.333. The van der Waals surface area contributed by atoms with Crippen LogP contribution in [-0.2, 0) is 4.74 Å². The first kappa shape index (κ1) is 16.3. The van der Waals surface area contributed by atoms with Gasteiger partial charge in [-0.25, -0.2) is 0 Å². The number of aromatic nitrogens is 1. The zero-order chi connectivity index (χ0) is 16.8. The number of rotatable bonds is 6. The molecule has 0 aliphatic carbocycles. The van der Waals surface area contributed by atoms with E-state index in [0.29, 0.717) is 17.1 Å². The fourth-order valence-electron chi connectivity index (χ4n) is 2.60. The van der Waals surface area contributed by atoms with Gasteiger partial charge in [0.25, 0.3) is 5.91 Å². The third-order valence-electron chi connectivity index (χ3n) is 3.88. The Kier molecular flexibility index (Phi) is 5.28. The van der Waals surface area contributed by atoms with Gasteiger partial charge in [0.05, 0.1) is 13.2 Å². The lowest BCUT2D eigenvalue weighted by Gasteiger charge is -2.12. The number of carbonyl (C=O) groups is 1. The molecule has 1 unspecified atom stereocenters. The number of nitrogens with zero attached hydrogens (tertiary/aromatic N) is 1. The summed E-state index contributed by atoms with van der Waals surface area (Å²) in [6.45, 7) is 1.57. The van der Waals surface area contributed by atoms with E-state index in [-0.39, 0.29) is 12.0 Å². The largest absolute Gasteiger partial charge is 0.497 e. The van der Waals surface area contributed by atoms with Gasteiger partial charge in [0, 0.05) is 36.8 Å². The van der Waals surface area contributed by atoms with Gasteiger partial charge < -0.3 is 20.1 Å². The summed E-state index contributed by atoms with van der Waals surface area (Å²) in [5, 5.41) is 6.12. The molecule has 3 rings (SSSR count). The van der Waals surface area contributed by atoms with E-state index in [0.717, 1.165) is 31.7 Å². The number of carbonyl (C=O) groups excluding carboxylic acids is 1. The highest BCUT2D eigenvalue weighted by Crippen LogP contribution is 2.18. The molecule has 1 aromatic carbocycles. The Morgan fingerprint density at radius 1 is 1.33 bits per heavy atom. The first-order chi connectivity index (χ1) is 11.7. The Bertz CT molecular complexity index is 699. The smallest absolute Gasteiger partial charge is 0.274 e. The highest BCUT2D eigenvalue weighted by molar-refractivity contribution is 6.03. The maximum absolute atomic E-state index is 12.4. The summed E-state index contributed by atoms with van der Waals surface area (Å²) in [6.07, 6.45) is 4.04. The van der Waals surface area contributed by atoms with Crippen molar-refractivity contribution >= 4 is 17.3 Å². The number of nitrogens with one attached hydrogen (secondary N) is 2. The average Bonchev–Trinajstić information content (AvgIpc) is 3.14. The predicted molar refractivity (Wildman–Crippen MR) is 92.6 cm³/mol. The summed E-state index contributed by atoms with van der Waals surface area (Å²) in [6, 6.07) is 10.8. The van der Waals surface area contributed by atoms with E-state index in [4.69, 9.17) is 9.47 Å². The molecule has 6 heteroatoms. The molecule has 1 atom stereocenters. The molecule has 126 valence electrons. The van der Waals surface area contributed by atoms with Crippen LogP contribution in [-0.4, -0.2) is 37.3 Å². The fourth-order valence-corrected chi connectivity index (χ4v) is 2.60. The number of ether oxygens (including phenoxy) is 2. The number of anilines is 2. The Morgan fingerprint density at radius 3 is 3.04 bits per heavy atom. The summed E-state index contributed by atoms with van der Waals surface area (Å²) in [5.41, 5.74) is 1.88. The molecular formula is C18H21N3O3. The SMILES string of the molecule is COc1cccc(NC(=O)c2cc(NCC3CCCO3)ccn2)c1. The molecule has 2 aromatic rings. The van der Waals surface area contributed by atoms with E-state index in [1.165, 1.54) is 0 Å². The minimum atomic E-state index is -0.260. The van der Waals surface area contributed by atoms with Gasteiger partial charge in [0.2, 0.25) is 0 Å². The Morgan fingerprint density at radius 2 is 2.25 bits per heavy atom. The van der Waals surface area contributed by atoms with Crippen LogP contribution in [0.3, 0.4) is 0 Å². The zero-order valence-electron chi connectivity index (χ0n) is 13.6. The standard InChI is InChI=1S/C18H21N3O3/c1-23-15-5-2-4-14(10-15)21-18(22)17-11-13(7-8-19-17)20-12-16-6-3-9-24-16/h2,4-5,7-8,10-11,16H,3,6,9,12H2,1H3,(H,19,20)(H,21,22). The van der Waals surface area contributed by atoms with Crippen LogP contribution in [0, 0.1) is 0 Å². The van der Waals surface area contributed by atoms with Gasteiger partial charge in [0.15, 0.2) is 0 Å². The third-order valence-corrected chi connectivity index (χ3v) is 3.88. The topological polar surface area (TPSA) is 72.5 Å². The maximum atomic E-state index is 12.4. The van der Waals surface area contributed by atoms with E-state index in [9.17, 15) is 4.79 Å². The summed E-state index contributed by atoms with van der Waals surface area (Å²) >= 11 is 0. The molecule has 2 N–H and O–H groups in total. The van der Waals surface area contributed by atoms with Gasteiger partial charge >= 0.3 is 0 Å². The van der Waals surface area contributed by atoms with Crippen LogP contribution in [0.25, 0.3) is 0 Å². The van der Waals surface area contributed by atoms with E-state index in [1.54, 1.807) is 31.5 Å². The molecule has 1 aliphatic heterocycles. The molecule has 0 bridgehead atoms. The normalized spacial score (nSPS) is 16.6. The zero-order valence-corrected chi connectivity index (χ0v) is 13.6. The summed E-state index contributed by atoms with van der Waals surface area (Å²) < 4.78 is 10.7. The van der Waals surface area contributed by atoms with Crippen molar-refractivity contribution in [2.45, 2.75) is 18.9 Å². The Labute approximate surface area is 141 Å². The van der Waals surface area contributed by atoms with Gasteiger partial charge in [-0.05, 0) is 37.1 Å². The van der Waals surface area contributed by atoms with Crippen molar-refractivity contribution in [1.29, 1.82) is 0 Å². The molecule has 2 heterocycles. The second-order valence-electron chi connectivity index (χ2n) is 5.63. The molecular weight excluding hydrogens is 306 g/mol. The van der Waals surface area contributed by atoms with Crippen LogP contribution >= 0.6 is 0 Å². The maximum Gasteiger partial charge on any atom is 0.274 e. The molecule has 24 heavy (non-hydrogen) atoms. The lowest BCUT2D eigenvalue weighted by atomic mass is 10.2. The van der Waals surface area contributed by atoms with Gasteiger partial charge in [0.1, 0.15) is 11.4 Å². The van der Waals surface area contributed by atoms with Crippen molar-refractivity contribution < 1.29 is 14.3 Å².